The second-order valence-corrected chi connectivity index (χ2v) is 6.35. The van der Waals surface area contributed by atoms with Crippen molar-refractivity contribution in [3.8, 4) is 11.5 Å². The van der Waals surface area contributed by atoms with Crippen molar-refractivity contribution in [1.29, 1.82) is 0 Å². The van der Waals surface area contributed by atoms with Crippen LogP contribution in [0.15, 0.2) is 42.5 Å². The molecule has 2 aromatic rings. The average Bonchev–Trinajstić information content (AvgIpc) is 3.15. The molecule has 0 spiro atoms. The quantitative estimate of drug-likeness (QED) is 0.895. The molecule has 2 aromatic carbocycles. The number of nitrogens with one attached hydrogen (secondary N) is 1. The summed E-state index contributed by atoms with van der Waals surface area (Å²) < 4.78 is 16.1. The van der Waals surface area contributed by atoms with Gasteiger partial charge in [0.2, 0.25) is 12.7 Å². The Balaban J connectivity index is 1.37. The van der Waals surface area contributed by atoms with Crippen molar-refractivity contribution < 1.29 is 19.0 Å². The third-order valence-corrected chi connectivity index (χ3v) is 4.61. The molecule has 1 fully saturated rings. The van der Waals surface area contributed by atoms with Crippen molar-refractivity contribution in [1.82, 2.24) is 0 Å². The van der Waals surface area contributed by atoms with E-state index in [1.807, 2.05) is 42.5 Å². The first kappa shape index (κ1) is 16.7. The number of morpholine rings is 1. The highest BCUT2D eigenvalue weighted by molar-refractivity contribution is 5.94. The van der Waals surface area contributed by atoms with Crippen molar-refractivity contribution in [3.63, 3.8) is 0 Å². The van der Waals surface area contributed by atoms with Gasteiger partial charge in [0, 0.05) is 19.5 Å². The molecule has 0 unspecified atom stereocenters. The summed E-state index contributed by atoms with van der Waals surface area (Å²) in [5, 5.41) is 3.05. The maximum Gasteiger partial charge on any atom is 0.231 e. The number of anilines is 2. The molecule has 0 atom stereocenters. The topological polar surface area (TPSA) is 60.0 Å². The number of para-hydroxylation sites is 2. The monoisotopic (exact) mass is 354 g/mol. The smallest absolute Gasteiger partial charge is 0.231 e. The standard InChI is InChI=1S/C20H22N2O4/c23-20(8-6-15-5-7-18-19(13-15)26-14-25-18)21-16-3-1-2-4-17(16)22-9-11-24-12-10-22/h1-5,7,13H,6,8-12,14H2,(H,21,23). The number of hydrogen-bond acceptors (Lipinski definition) is 5. The number of hydrogen-bond donors (Lipinski definition) is 1. The van der Waals surface area contributed by atoms with Crippen LogP contribution in [0.2, 0.25) is 0 Å². The normalized spacial score (nSPS) is 15.8. The van der Waals surface area contributed by atoms with E-state index in [0.717, 1.165) is 41.5 Å². The Hall–Kier alpha value is -2.73. The number of benzene rings is 2. The predicted octanol–water partition coefficient (Wildman–Crippen LogP) is 2.82. The Morgan fingerprint density at radius 2 is 1.85 bits per heavy atom. The lowest BCUT2D eigenvalue weighted by atomic mass is 10.1. The SMILES string of the molecule is O=C(CCc1ccc2c(c1)OCO2)Nc1ccccc1N1CCOCC1. The molecule has 1 N–H and O–H groups in total. The van der Waals surface area contributed by atoms with Gasteiger partial charge in [-0.15, -0.1) is 0 Å². The zero-order valence-corrected chi connectivity index (χ0v) is 14.6. The van der Waals surface area contributed by atoms with Gasteiger partial charge in [-0.25, -0.2) is 0 Å². The summed E-state index contributed by atoms with van der Waals surface area (Å²) in [5.41, 5.74) is 2.96. The minimum Gasteiger partial charge on any atom is -0.454 e. The number of carbonyl (C=O) groups is 1. The second kappa shape index (κ2) is 7.66. The van der Waals surface area contributed by atoms with Crippen molar-refractivity contribution >= 4 is 17.3 Å². The minimum atomic E-state index is 0.00313. The Bertz CT molecular complexity index is 787. The fraction of sp³-hybridized carbons (Fsp3) is 0.350. The molecule has 0 aliphatic carbocycles. The van der Waals surface area contributed by atoms with Gasteiger partial charge >= 0.3 is 0 Å². The third-order valence-electron chi connectivity index (χ3n) is 4.61. The van der Waals surface area contributed by atoms with E-state index in [2.05, 4.69) is 10.2 Å². The molecule has 2 aliphatic rings. The maximum absolute atomic E-state index is 12.4. The molecule has 0 radical (unpaired) electrons. The van der Waals surface area contributed by atoms with E-state index in [1.165, 1.54) is 0 Å². The van der Waals surface area contributed by atoms with E-state index in [4.69, 9.17) is 14.2 Å². The zero-order chi connectivity index (χ0) is 17.8. The number of fused-ring (bicyclic) bond motifs is 1. The first-order valence-corrected chi connectivity index (χ1v) is 8.90. The van der Waals surface area contributed by atoms with E-state index < -0.39 is 0 Å². The summed E-state index contributed by atoms with van der Waals surface area (Å²) >= 11 is 0. The Morgan fingerprint density at radius 1 is 1.04 bits per heavy atom. The molecule has 6 nitrogen and oxygen atoms in total. The van der Waals surface area contributed by atoms with Crippen molar-refractivity contribution in [2.45, 2.75) is 12.8 Å². The Morgan fingerprint density at radius 3 is 2.73 bits per heavy atom. The molecular formula is C20H22N2O4. The highest BCUT2D eigenvalue weighted by Crippen LogP contribution is 2.33. The van der Waals surface area contributed by atoms with Gasteiger partial charge < -0.3 is 24.4 Å². The van der Waals surface area contributed by atoms with E-state index in [9.17, 15) is 4.79 Å². The molecule has 0 saturated carbocycles. The van der Waals surface area contributed by atoms with Gasteiger partial charge in [0.15, 0.2) is 11.5 Å². The fourth-order valence-electron chi connectivity index (χ4n) is 3.23. The third kappa shape index (κ3) is 3.75. The molecule has 26 heavy (non-hydrogen) atoms. The van der Waals surface area contributed by atoms with Crippen LogP contribution in [0.25, 0.3) is 0 Å². The lowest BCUT2D eigenvalue weighted by Crippen LogP contribution is -2.36. The Kier molecular flexibility index (Phi) is 4.93. The van der Waals surface area contributed by atoms with Gasteiger partial charge in [0.1, 0.15) is 0 Å². The first-order valence-electron chi connectivity index (χ1n) is 8.90. The minimum absolute atomic E-state index is 0.00313. The number of amides is 1. The van der Waals surface area contributed by atoms with E-state index >= 15 is 0 Å². The predicted molar refractivity (Wildman–Crippen MR) is 99.0 cm³/mol. The summed E-state index contributed by atoms with van der Waals surface area (Å²) in [5.74, 6) is 1.52. The van der Waals surface area contributed by atoms with Crippen LogP contribution in [-0.2, 0) is 16.0 Å². The highest BCUT2D eigenvalue weighted by Gasteiger charge is 2.16. The molecule has 0 aromatic heterocycles. The van der Waals surface area contributed by atoms with E-state index in [1.54, 1.807) is 0 Å². The van der Waals surface area contributed by atoms with Crippen LogP contribution in [-0.4, -0.2) is 39.0 Å². The van der Waals surface area contributed by atoms with Gasteiger partial charge in [0.25, 0.3) is 0 Å². The molecule has 136 valence electrons. The van der Waals surface area contributed by atoms with Gasteiger partial charge in [0.05, 0.1) is 24.6 Å². The van der Waals surface area contributed by atoms with Crippen LogP contribution in [0.4, 0.5) is 11.4 Å². The number of aryl methyl sites for hydroxylation is 1. The van der Waals surface area contributed by atoms with Crippen LogP contribution in [0.5, 0.6) is 11.5 Å². The number of rotatable bonds is 5. The summed E-state index contributed by atoms with van der Waals surface area (Å²) in [6.45, 7) is 3.37. The summed E-state index contributed by atoms with van der Waals surface area (Å²) in [6, 6.07) is 13.7. The van der Waals surface area contributed by atoms with Crippen LogP contribution in [0.1, 0.15) is 12.0 Å². The average molecular weight is 354 g/mol. The molecule has 2 heterocycles. The number of carbonyl (C=O) groups excluding carboxylic acids is 1. The fourth-order valence-corrected chi connectivity index (χ4v) is 3.23. The van der Waals surface area contributed by atoms with Gasteiger partial charge in [-0.2, -0.15) is 0 Å². The largest absolute Gasteiger partial charge is 0.454 e. The van der Waals surface area contributed by atoms with Gasteiger partial charge in [-0.1, -0.05) is 18.2 Å². The number of nitrogens with zero attached hydrogens (tertiary/aromatic N) is 1. The lowest BCUT2D eigenvalue weighted by molar-refractivity contribution is -0.116. The first-order chi connectivity index (χ1) is 12.8. The van der Waals surface area contributed by atoms with Crippen LogP contribution >= 0.6 is 0 Å². The van der Waals surface area contributed by atoms with Crippen LogP contribution < -0.4 is 19.7 Å². The maximum atomic E-state index is 12.4. The zero-order valence-electron chi connectivity index (χ0n) is 14.6. The summed E-state index contributed by atoms with van der Waals surface area (Å²) in [7, 11) is 0. The molecule has 4 rings (SSSR count). The number of ether oxygens (including phenoxy) is 3. The Labute approximate surface area is 152 Å². The van der Waals surface area contributed by atoms with Gasteiger partial charge in [-0.3, -0.25) is 4.79 Å². The molecule has 1 saturated heterocycles. The van der Waals surface area contributed by atoms with E-state index in [-0.39, 0.29) is 12.7 Å². The van der Waals surface area contributed by atoms with E-state index in [0.29, 0.717) is 26.1 Å². The van der Waals surface area contributed by atoms with Crippen molar-refractivity contribution in [3.05, 3.63) is 48.0 Å². The highest BCUT2D eigenvalue weighted by atomic mass is 16.7. The lowest BCUT2D eigenvalue weighted by Gasteiger charge is -2.30. The van der Waals surface area contributed by atoms with Gasteiger partial charge in [-0.05, 0) is 36.2 Å². The molecule has 1 amide bonds. The van der Waals surface area contributed by atoms with Crippen molar-refractivity contribution in [2.24, 2.45) is 0 Å². The molecule has 0 bridgehead atoms. The second-order valence-electron chi connectivity index (χ2n) is 6.35. The van der Waals surface area contributed by atoms with Crippen LogP contribution in [0.3, 0.4) is 0 Å². The molecule has 2 aliphatic heterocycles. The summed E-state index contributed by atoms with van der Waals surface area (Å²) in [4.78, 5) is 14.7. The molecular weight excluding hydrogens is 332 g/mol. The van der Waals surface area contributed by atoms with Crippen LogP contribution in [0, 0.1) is 0 Å². The summed E-state index contributed by atoms with van der Waals surface area (Å²) in [6.07, 6.45) is 1.07. The molecule has 6 heteroatoms. The van der Waals surface area contributed by atoms with Crippen molar-refractivity contribution in [2.75, 3.05) is 43.3 Å².